The molecular formula is C20H18N6. The molecule has 0 fully saturated rings. The number of nitrogens with zero attached hydrogens (tertiary/aromatic N) is 6. The van der Waals surface area contributed by atoms with Gasteiger partial charge in [-0.2, -0.15) is 21.0 Å². The predicted molar refractivity (Wildman–Crippen MR) is 95.8 cm³/mol. The molecule has 2 aromatic heterocycles. The Bertz CT molecular complexity index is 875. The maximum Gasteiger partial charge on any atom is 0.101 e. The van der Waals surface area contributed by atoms with Gasteiger partial charge in [-0.15, -0.1) is 0 Å². The number of pyridine rings is 2. The van der Waals surface area contributed by atoms with Gasteiger partial charge in [0, 0.05) is 0 Å². The van der Waals surface area contributed by atoms with Crippen LogP contribution in [0.5, 0.6) is 0 Å². The van der Waals surface area contributed by atoms with E-state index < -0.39 is 0 Å². The molecule has 0 unspecified atom stereocenters. The first-order chi connectivity index (χ1) is 12.2. The van der Waals surface area contributed by atoms with Gasteiger partial charge in [0.25, 0.3) is 0 Å². The fraction of sp³-hybridized carbons (Fsp3) is 0.300. The highest BCUT2D eigenvalue weighted by atomic mass is 14.7. The normalized spacial score (nSPS) is 9.00. The highest BCUT2D eigenvalue weighted by Crippen LogP contribution is 2.18. The van der Waals surface area contributed by atoms with Crippen molar-refractivity contribution in [2.45, 2.75) is 41.5 Å². The minimum absolute atomic E-state index is 0.516. The van der Waals surface area contributed by atoms with Crippen molar-refractivity contribution < 1.29 is 0 Å². The predicted octanol–water partition coefficient (Wildman–Crippen LogP) is 3.50. The largest absolute Gasteiger partial charge is 0.256 e. The number of hydrogen-bond donors (Lipinski definition) is 0. The summed E-state index contributed by atoms with van der Waals surface area (Å²) < 4.78 is 0. The molecule has 0 amide bonds. The molecule has 6 nitrogen and oxygen atoms in total. The van der Waals surface area contributed by atoms with Gasteiger partial charge in [-0.25, -0.2) is 0 Å². The molecule has 0 atom stereocenters. The summed E-state index contributed by atoms with van der Waals surface area (Å²) in [4.78, 5) is 8.26. The van der Waals surface area contributed by atoms with Gasteiger partial charge in [-0.05, 0) is 52.7 Å². The van der Waals surface area contributed by atoms with Crippen molar-refractivity contribution in [1.82, 2.24) is 9.97 Å². The first-order valence-electron chi connectivity index (χ1n) is 7.79. The van der Waals surface area contributed by atoms with Crippen molar-refractivity contribution >= 4 is 0 Å². The van der Waals surface area contributed by atoms with Crippen LogP contribution >= 0.6 is 0 Å². The van der Waals surface area contributed by atoms with Gasteiger partial charge >= 0.3 is 0 Å². The molecule has 0 aromatic carbocycles. The molecule has 6 heteroatoms. The van der Waals surface area contributed by atoms with Crippen LogP contribution in [0.2, 0.25) is 0 Å². The zero-order valence-electron chi connectivity index (χ0n) is 15.7. The molecule has 0 bridgehead atoms. The van der Waals surface area contributed by atoms with Crippen LogP contribution in [-0.2, 0) is 0 Å². The van der Waals surface area contributed by atoms with Gasteiger partial charge in [-0.1, -0.05) is 0 Å². The minimum Gasteiger partial charge on any atom is -0.256 e. The fourth-order valence-electron chi connectivity index (χ4n) is 2.72. The summed E-state index contributed by atoms with van der Waals surface area (Å²) in [5, 5.41) is 35.2. The molecule has 0 aliphatic heterocycles. The van der Waals surface area contributed by atoms with E-state index in [0.29, 0.717) is 45.0 Å². The molecule has 26 heavy (non-hydrogen) atoms. The molecule has 2 heterocycles. The van der Waals surface area contributed by atoms with E-state index in [2.05, 4.69) is 34.2 Å². The van der Waals surface area contributed by atoms with Crippen molar-refractivity contribution in [3.05, 3.63) is 56.2 Å². The molecule has 2 aromatic rings. The Kier molecular flexibility index (Phi) is 6.55. The van der Waals surface area contributed by atoms with Gasteiger partial charge in [0.15, 0.2) is 0 Å². The van der Waals surface area contributed by atoms with Gasteiger partial charge in [0.1, 0.15) is 24.3 Å². The van der Waals surface area contributed by atoms with E-state index >= 15 is 0 Å². The van der Waals surface area contributed by atoms with Gasteiger partial charge in [-0.3, -0.25) is 9.97 Å². The third-order valence-electron chi connectivity index (χ3n) is 4.07. The summed E-state index contributed by atoms with van der Waals surface area (Å²) in [5.41, 5.74) is 6.29. The van der Waals surface area contributed by atoms with E-state index in [0.717, 1.165) is 11.1 Å². The summed E-state index contributed by atoms with van der Waals surface area (Å²) in [7, 11) is 0. The molecule has 0 spiro atoms. The Morgan fingerprint density at radius 3 is 0.808 bits per heavy atom. The lowest BCUT2D eigenvalue weighted by atomic mass is 10.0. The van der Waals surface area contributed by atoms with Crippen LogP contribution < -0.4 is 0 Å². The second kappa shape index (κ2) is 8.39. The number of aryl methyl sites for hydroxylation is 4. The average Bonchev–Trinajstić information content (AvgIpc) is 2.56. The van der Waals surface area contributed by atoms with Crippen LogP contribution in [0.15, 0.2) is 0 Å². The van der Waals surface area contributed by atoms with E-state index in [9.17, 15) is 0 Å². The zero-order valence-corrected chi connectivity index (χ0v) is 15.7. The number of nitriles is 4. The smallest absolute Gasteiger partial charge is 0.101 e. The molecule has 0 saturated heterocycles. The molecule has 0 N–H and O–H groups in total. The van der Waals surface area contributed by atoms with Gasteiger partial charge in [0.2, 0.25) is 0 Å². The molecule has 2 rings (SSSR count). The Balaban J connectivity index is 0.000000260. The molecule has 0 radical (unpaired) electrons. The Morgan fingerprint density at radius 1 is 0.462 bits per heavy atom. The highest BCUT2D eigenvalue weighted by Gasteiger charge is 2.11. The lowest BCUT2D eigenvalue weighted by molar-refractivity contribution is 1.07. The van der Waals surface area contributed by atoms with Crippen LogP contribution in [0.25, 0.3) is 0 Å². The first-order valence-corrected chi connectivity index (χ1v) is 7.79. The molecular weight excluding hydrogens is 324 g/mol. The zero-order chi connectivity index (χ0) is 20.0. The lowest BCUT2D eigenvalue weighted by Gasteiger charge is -2.05. The maximum absolute atomic E-state index is 8.81. The molecule has 0 saturated carbocycles. The van der Waals surface area contributed by atoms with Crippen LogP contribution in [0, 0.1) is 86.9 Å². The monoisotopic (exact) mass is 342 g/mol. The summed E-state index contributed by atoms with van der Waals surface area (Å²) in [6, 6.07) is 8.21. The van der Waals surface area contributed by atoms with Crippen molar-refractivity contribution in [2.75, 3.05) is 0 Å². The Morgan fingerprint density at radius 2 is 0.654 bits per heavy atom. The summed E-state index contributed by atoms with van der Waals surface area (Å²) in [6.45, 7) is 10.7. The summed E-state index contributed by atoms with van der Waals surface area (Å²) in [5.74, 6) is 0. The Hall–Kier alpha value is -3.74. The lowest BCUT2D eigenvalue weighted by Crippen LogP contribution is -2.00. The number of aromatic nitrogens is 2. The molecule has 0 aliphatic carbocycles. The van der Waals surface area contributed by atoms with Crippen LogP contribution in [0.3, 0.4) is 0 Å². The third kappa shape index (κ3) is 3.84. The minimum atomic E-state index is 0.516. The SMILES string of the molecule is Cc1nc(C)c(C#N)c(C)c1C#N.Cc1nc(C)c(C#N)c(C)c1C#N. The Labute approximate surface area is 153 Å². The maximum atomic E-state index is 8.81. The number of rotatable bonds is 0. The van der Waals surface area contributed by atoms with Crippen molar-refractivity contribution in [3.63, 3.8) is 0 Å². The fourth-order valence-corrected chi connectivity index (χ4v) is 2.72. The van der Waals surface area contributed by atoms with Gasteiger partial charge in [0.05, 0.1) is 45.0 Å². The second-order valence-corrected chi connectivity index (χ2v) is 5.76. The van der Waals surface area contributed by atoms with E-state index in [-0.39, 0.29) is 0 Å². The topological polar surface area (TPSA) is 121 Å². The van der Waals surface area contributed by atoms with E-state index in [4.69, 9.17) is 21.0 Å². The van der Waals surface area contributed by atoms with E-state index in [1.54, 1.807) is 41.5 Å². The standard InChI is InChI=1S/2C10H9N3/c2*1-6-9(4-11)7(2)13-8(3)10(6)5-12/h2*1-3H3. The van der Waals surface area contributed by atoms with E-state index in [1.165, 1.54) is 0 Å². The first kappa shape index (κ1) is 20.3. The quantitative estimate of drug-likeness (QED) is 0.722. The van der Waals surface area contributed by atoms with Crippen LogP contribution in [-0.4, -0.2) is 9.97 Å². The highest BCUT2D eigenvalue weighted by molar-refractivity contribution is 5.51. The summed E-state index contributed by atoms with van der Waals surface area (Å²) in [6.07, 6.45) is 0. The molecule has 128 valence electrons. The van der Waals surface area contributed by atoms with Gasteiger partial charge < -0.3 is 0 Å². The average molecular weight is 342 g/mol. The van der Waals surface area contributed by atoms with Crippen LogP contribution in [0.4, 0.5) is 0 Å². The van der Waals surface area contributed by atoms with Crippen molar-refractivity contribution in [1.29, 1.82) is 21.0 Å². The van der Waals surface area contributed by atoms with Crippen molar-refractivity contribution in [3.8, 4) is 24.3 Å². The second-order valence-electron chi connectivity index (χ2n) is 5.76. The van der Waals surface area contributed by atoms with Crippen LogP contribution in [0.1, 0.15) is 56.2 Å². The third-order valence-corrected chi connectivity index (χ3v) is 4.07. The molecule has 0 aliphatic rings. The number of hydrogen-bond acceptors (Lipinski definition) is 6. The van der Waals surface area contributed by atoms with Crippen molar-refractivity contribution in [2.24, 2.45) is 0 Å². The van der Waals surface area contributed by atoms with E-state index in [1.807, 2.05) is 0 Å². The summed E-state index contributed by atoms with van der Waals surface area (Å²) >= 11 is 0.